The molecule has 1 amide bonds. The number of rotatable bonds is 8. The van der Waals surface area contributed by atoms with Crippen LogP contribution < -0.4 is 10.0 Å². The van der Waals surface area contributed by atoms with Crippen LogP contribution >= 0.6 is 0 Å². The summed E-state index contributed by atoms with van der Waals surface area (Å²) in [4.78, 5) is 15.2. The molecule has 0 spiro atoms. The van der Waals surface area contributed by atoms with Crippen molar-refractivity contribution in [2.45, 2.75) is 30.7 Å². The van der Waals surface area contributed by atoms with Crippen LogP contribution in [0.2, 0.25) is 0 Å². The summed E-state index contributed by atoms with van der Waals surface area (Å²) in [6.07, 6.45) is 7.41. The van der Waals surface area contributed by atoms with Crippen LogP contribution in [0.5, 0.6) is 0 Å². The fraction of sp³-hybridized carbons (Fsp3) is 0.375. The van der Waals surface area contributed by atoms with E-state index in [-0.39, 0.29) is 23.4 Å². The third-order valence-corrected chi connectivity index (χ3v) is 7.11. The molecule has 1 atom stereocenters. The van der Waals surface area contributed by atoms with Crippen molar-refractivity contribution < 1.29 is 13.2 Å². The third-order valence-electron chi connectivity index (χ3n) is 5.69. The summed E-state index contributed by atoms with van der Waals surface area (Å²) in [7, 11) is -3.68. The van der Waals surface area contributed by atoms with Gasteiger partial charge in [-0.15, -0.1) is 6.42 Å². The van der Waals surface area contributed by atoms with Gasteiger partial charge >= 0.3 is 0 Å². The number of hydrogen-bond donors (Lipinski definition) is 2. The first-order chi connectivity index (χ1) is 14.9. The van der Waals surface area contributed by atoms with Gasteiger partial charge in [-0.25, -0.2) is 8.42 Å². The van der Waals surface area contributed by atoms with Crippen LogP contribution in [0.4, 0.5) is 0 Å². The molecule has 1 aliphatic heterocycles. The molecular weight excluding hydrogens is 410 g/mol. The second-order valence-electron chi connectivity index (χ2n) is 7.91. The minimum atomic E-state index is -3.68. The van der Waals surface area contributed by atoms with Crippen molar-refractivity contribution in [2.75, 3.05) is 26.2 Å². The minimum Gasteiger partial charge on any atom is -0.350 e. The molecule has 2 aromatic carbocycles. The molecule has 0 saturated carbocycles. The molecule has 7 heteroatoms. The summed E-state index contributed by atoms with van der Waals surface area (Å²) in [6.45, 7) is 4.70. The SMILES string of the molecule is C#CCNS(=O)(=O)c1ccc(C(=O)NCC(c2ccccc2)N2CCC(C)CC2)cc1. The molecule has 0 bridgehead atoms. The first-order valence-electron chi connectivity index (χ1n) is 10.5. The fourth-order valence-corrected chi connectivity index (χ4v) is 4.70. The summed E-state index contributed by atoms with van der Waals surface area (Å²) in [6, 6.07) is 16.2. The van der Waals surface area contributed by atoms with Crippen LogP contribution in [0.25, 0.3) is 0 Å². The monoisotopic (exact) mass is 439 g/mol. The first kappa shape index (κ1) is 23.0. The number of hydrogen-bond acceptors (Lipinski definition) is 4. The maximum absolute atomic E-state index is 12.7. The minimum absolute atomic E-state index is 0.0731. The lowest BCUT2D eigenvalue weighted by molar-refractivity contribution is 0.0913. The largest absolute Gasteiger partial charge is 0.350 e. The molecule has 0 radical (unpaired) electrons. The van der Waals surface area contributed by atoms with E-state index in [0.717, 1.165) is 31.8 Å². The Hall–Kier alpha value is -2.66. The van der Waals surface area contributed by atoms with E-state index in [2.05, 4.69) is 39.9 Å². The van der Waals surface area contributed by atoms with E-state index in [4.69, 9.17) is 6.42 Å². The van der Waals surface area contributed by atoms with Crippen molar-refractivity contribution in [3.05, 3.63) is 65.7 Å². The zero-order valence-corrected chi connectivity index (χ0v) is 18.6. The average Bonchev–Trinajstić information content (AvgIpc) is 2.79. The highest BCUT2D eigenvalue weighted by atomic mass is 32.2. The molecule has 2 N–H and O–H groups in total. The fourth-order valence-electron chi connectivity index (χ4n) is 3.77. The number of carbonyl (C=O) groups excluding carboxylic acids is 1. The van der Waals surface area contributed by atoms with E-state index in [1.165, 1.54) is 29.8 Å². The van der Waals surface area contributed by atoms with Gasteiger partial charge in [0.2, 0.25) is 10.0 Å². The van der Waals surface area contributed by atoms with E-state index < -0.39 is 10.0 Å². The Morgan fingerprint density at radius 3 is 2.39 bits per heavy atom. The summed E-state index contributed by atoms with van der Waals surface area (Å²) >= 11 is 0. The van der Waals surface area contributed by atoms with E-state index in [1.54, 1.807) is 0 Å². The number of nitrogens with zero attached hydrogens (tertiary/aromatic N) is 1. The lowest BCUT2D eigenvalue weighted by Crippen LogP contribution is -2.42. The molecule has 1 saturated heterocycles. The van der Waals surface area contributed by atoms with Crippen molar-refractivity contribution in [2.24, 2.45) is 5.92 Å². The Balaban J connectivity index is 1.67. The van der Waals surface area contributed by atoms with Crippen molar-refractivity contribution >= 4 is 15.9 Å². The predicted molar refractivity (Wildman–Crippen MR) is 122 cm³/mol. The lowest BCUT2D eigenvalue weighted by Gasteiger charge is -2.37. The summed E-state index contributed by atoms with van der Waals surface area (Å²) in [5.74, 6) is 2.73. The molecule has 0 aromatic heterocycles. The number of likely N-dealkylation sites (tertiary alicyclic amines) is 1. The number of terminal acetylenes is 1. The molecular formula is C24H29N3O3S. The Labute approximate surface area is 185 Å². The average molecular weight is 440 g/mol. The maximum atomic E-state index is 12.7. The van der Waals surface area contributed by atoms with Crippen molar-refractivity contribution in [3.63, 3.8) is 0 Å². The van der Waals surface area contributed by atoms with Crippen LogP contribution in [0, 0.1) is 18.3 Å². The molecule has 1 fully saturated rings. The molecule has 0 aliphatic carbocycles. The molecule has 31 heavy (non-hydrogen) atoms. The van der Waals surface area contributed by atoms with Gasteiger partial charge in [0, 0.05) is 12.1 Å². The maximum Gasteiger partial charge on any atom is 0.251 e. The van der Waals surface area contributed by atoms with Gasteiger partial charge in [0.25, 0.3) is 5.91 Å². The van der Waals surface area contributed by atoms with Gasteiger partial charge in [0.05, 0.1) is 17.5 Å². The number of carbonyl (C=O) groups is 1. The van der Waals surface area contributed by atoms with Crippen LogP contribution in [-0.2, 0) is 10.0 Å². The van der Waals surface area contributed by atoms with Gasteiger partial charge in [-0.05, 0) is 61.7 Å². The smallest absolute Gasteiger partial charge is 0.251 e. The molecule has 164 valence electrons. The summed E-state index contributed by atoms with van der Waals surface area (Å²) < 4.78 is 26.6. The zero-order chi connectivity index (χ0) is 22.3. The standard InChI is InChI=1S/C24H29N3O3S/c1-3-15-26-31(29,30)22-11-9-21(10-12-22)24(28)25-18-23(20-7-5-4-6-8-20)27-16-13-19(2)14-17-27/h1,4-12,19,23,26H,13-18H2,2H3,(H,25,28). The quantitative estimate of drug-likeness (QED) is 0.620. The number of benzene rings is 2. The van der Waals surface area contributed by atoms with Crippen molar-refractivity contribution in [3.8, 4) is 12.3 Å². The molecule has 2 aromatic rings. The number of nitrogens with one attached hydrogen (secondary N) is 2. The molecule has 1 unspecified atom stereocenters. The van der Waals surface area contributed by atoms with Gasteiger partial charge in [-0.2, -0.15) is 4.72 Å². The zero-order valence-electron chi connectivity index (χ0n) is 17.8. The van der Waals surface area contributed by atoms with E-state index in [9.17, 15) is 13.2 Å². The third kappa shape index (κ3) is 6.17. The van der Waals surface area contributed by atoms with Gasteiger partial charge in [-0.1, -0.05) is 43.2 Å². The normalized spacial score (nSPS) is 16.4. The Kier molecular flexibility index (Phi) is 7.85. The van der Waals surface area contributed by atoms with Crippen LogP contribution in [-0.4, -0.2) is 45.4 Å². The highest BCUT2D eigenvalue weighted by Crippen LogP contribution is 2.26. The number of amides is 1. The topological polar surface area (TPSA) is 78.5 Å². The molecule has 1 aliphatic rings. The lowest BCUT2D eigenvalue weighted by atomic mass is 9.95. The Bertz CT molecular complexity index is 1010. The number of sulfonamides is 1. The van der Waals surface area contributed by atoms with Crippen LogP contribution in [0.1, 0.15) is 41.7 Å². The molecule has 1 heterocycles. The molecule has 3 rings (SSSR count). The first-order valence-corrected chi connectivity index (χ1v) is 12.0. The van der Waals surface area contributed by atoms with Crippen LogP contribution in [0.15, 0.2) is 59.5 Å². The number of piperidine rings is 1. The second-order valence-corrected chi connectivity index (χ2v) is 9.68. The summed E-state index contributed by atoms with van der Waals surface area (Å²) in [5, 5.41) is 3.03. The van der Waals surface area contributed by atoms with E-state index in [1.807, 2.05) is 18.2 Å². The molecule has 6 nitrogen and oxygen atoms in total. The van der Waals surface area contributed by atoms with Crippen molar-refractivity contribution in [1.82, 2.24) is 14.9 Å². The van der Waals surface area contributed by atoms with E-state index >= 15 is 0 Å². The second kappa shape index (κ2) is 10.6. The van der Waals surface area contributed by atoms with E-state index in [0.29, 0.717) is 12.1 Å². The Morgan fingerprint density at radius 2 is 1.77 bits per heavy atom. The van der Waals surface area contributed by atoms with Crippen molar-refractivity contribution in [1.29, 1.82) is 0 Å². The van der Waals surface area contributed by atoms with Gasteiger partial charge in [0.1, 0.15) is 0 Å². The van der Waals surface area contributed by atoms with Gasteiger partial charge < -0.3 is 5.32 Å². The highest BCUT2D eigenvalue weighted by molar-refractivity contribution is 7.89. The van der Waals surface area contributed by atoms with Crippen LogP contribution in [0.3, 0.4) is 0 Å². The predicted octanol–water partition coefficient (Wildman–Crippen LogP) is 2.80. The van der Waals surface area contributed by atoms with Gasteiger partial charge in [0.15, 0.2) is 0 Å². The van der Waals surface area contributed by atoms with Gasteiger partial charge in [-0.3, -0.25) is 9.69 Å². The summed E-state index contributed by atoms with van der Waals surface area (Å²) in [5.41, 5.74) is 1.59. The highest BCUT2D eigenvalue weighted by Gasteiger charge is 2.25. The Morgan fingerprint density at radius 1 is 1.13 bits per heavy atom.